The highest BCUT2D eigenvalue weighted by Crippen LogP contribution is 2.17. The average molecular weight is 310 g/mol. The number of hydrogen-bond acceptors (Lipinski definition) is 3. The largest absolute Gasteiger partial charge is 0.489 e. The highest BCUT2D eigenvalue weighted by atomic mass is 16.5. The molecule has 0 amide bonds. The molecule has 2 aromatic carbocycles. The van der Waals surface area contributed by atoms with Crippen molar-refractivity contribution in [2.75, 3.05) is 13.1 Å². The quantitative estimate of drug-likeness (QED) is 0.918. The topological polar surface area (TPSA) is 38.5 Å². The van der Waals surface area contributed by atoms with Gasteiger partial charge in [0.05, 0.1) is 0 Å². The monoisotopic (exact) mass is 310 g/mol. The molecular formula is C20H26N2O. The summed E-state index contributed by atoms with van der Waals surface area (Å²) in [6.45, 7) is 5.92. The maximum Gasteiger partial charge on any atom is 0.119 e. The van der Waals surface area contributed by atoms with E-state index in [1.54, 1.807) is 0 Å². The van der Waals surface area contributed by atoms with Crippen LogP contribution in [0.5, 0.6) is 5.75 Å². The highest BCUT2D eigenvalue weighted by Gasteiger charge is 2.15. The third-order valence-corrected chi connectivity index (χ3v) is 4.49. The molecule has 0 radical (unpaired) electrons. The van der Waals surface area contributed by atoms with Crippen molar-refractivity contribution in [3.05, 3.63) is 65.2 Å². The van der Waals surface area contributed by atoms with Gasteiger partial charge in [0.25, 0.3) is 0 Å². The Hall–Kier alpha value is -1.84. The zero-order valence-corrected chi connectivity index (χ0v) is 13.9. The van der Waals surface area contributed by atoms with Crippen LogP contribution in [0, 0.1) is 6.92 Å². The molecule has 2 aromatic rings. The number of aryl methyl sites for hydroxylation is 1. The molecule has 0 saturated carbocycles. The third kappa shape index (κ3) is 4.81. The Morgan fingerprint density at radius 1 is 0.957 bits per heavy atom. The minimum absolute atomic E-state index is 0.392. The maximum absolute atomic E-state index is 5.96. The van der Waals surface area contributed by atoms with Crippen molar-refractivity contribution >= 4 is 0 Å². The first kappa shape index (κ1) is 16.0. The van der Waals surface area contributed by atoms with Gasteiger partial charge in [-0.1, -0.05) is 42.0 Å². The van der Waals surface area contributed by atoms with E-state index in [0.717, 1.165) is 38.2 Å². The second kappa shape index (κ2) is 7.62. The fraction of sp³-hybridized carbons (Fsp3) is 0.400. The first-order valence-electron chi connectivity index (χ1n) is 8.44. The number of rotatable bonds is 5. The number of nitrogens with zero attached hydrogens (tertiary/aromatic N) is 1. The lowest BCUT2D eigenvalue weighted by atomic mass is 10.1. The van der Waals surface area contributed by atoms with Gasteiger partial charge in [-0.25, -0.2) is 0 Å². The number of ether oxygens (including phenoxy) is 1. The number of nitrogens with two attached hydrogens (primary N) is 1. The van der Waals surface area contributed by atoms with Crippen molar-refractivity contribution < 1.29 is 4.74 Å². The molecule has 3 rings (SSSR count). The molecule has 0 aliphatic carbocycles. The van der Waals surface area contributed by atoms with Gasteiger partial charge < -0.3 is 10.5 Å². The van der Waals surface area contributed by atoms with Crippen LogP contribution in [0.3, 0.4) is 0 Å². The van der Waals surface area contributed by atoms with E-state index in [4.69, 9.17) is 10.5 Å². The molecule has 0 unspecified atom stereocenters. The third-order valence-electron chi connectivity index (χ3n) is 4.49. The van der Waals surface area contributed by atoms with Gasteiger partial charge in [0.15, 0.2) is 0 Å². The van der Waals surface area contributed by atoms with Crippen molar-refractivity contribution in [1.82, 2.24) is 4.90 Å². The molecule has 0 bridgehead atoms. The summed E-state index contributed by atoms with van der Waals surface area (Å²) in [5, 5.41) is 0. The van der Waals surface area contributed by atoms with Crippen LogP contribution in [0.1, 0.15) is 29.5 Å². The molecule has 1 aliphatic heterocycles. The van der Waals surface area contributed by atoms with E-state index in [-0.39, 0.29) is 0 Å². The zero-order valence-electron chi connectivity index (χ0n) is 13.9. The second-order valence-electron chi connectivity index (χ2n) is 6.53. The van der Waals surface area contributed by atoms with Crippen LogP contribution in [-0.4, -0.2) is 24.0 Å². The lowest BCUT2D eigenvalue weighted by molar-refractivity contribution is 0.205. The van der Waals surface area contributed by atoms with Gasteiger partial charge in [0.1, 0.15) is 12.4 Å². The Labute approximate surface area is 139 Å². The number of likely N-dealkylation sites (tertiary alicyclic amines) is 1. The number of piperidine rings is 1. The Morgan fingerprint density at radius 2 is 1.57 bits per heavy atom. The molecule has 2 N–H and O–H groups in total. The molecule has 0 spiro atoms. The van der Waals surface area contributed by atoms with Crippen LogP contribution in [0.4, 0.5) is 0 Å². The van der Waals surface area contributed by atoms with E-state index in [2.05, 4.69) is 60.4 Å². The predicted molar refractivity (Wildman–Crippen MR) is 94.4 cm³/mol. The fourth-order valence-electron chi connectivity index (χ4n) is 2.91. The Kier molecular flexibility index (Phi) is 5.31. The van der Waals surface area contributed by atoms with Gasteiger partial charge in [-0.3, -0.25) is 4.90 Å². The molecule has 1 heterocycles. The smallest absolute Gasteiger partial charge is 0.119 e. The van der Waals surface area contributed by atoms with E-state index in [0.29, 0.717) is 12.6 Å². The van der Waals surface area contributed by atoms with Gasteiger partial charge in [-0.15, -0.1) is 0 Å². The Balaban J connectivity index is 1.49. The molecule has 0 aromatic heterocycles. The van der Waals surface area contributed by atoms with Gasteiger partial charge in [0.2, 0.25) is 0 Å². The molecule has 3 nitrogen and oxygen atoms in total. The van der Waals surface area contributed by atoms with Crippen molar-refractivity contribution in [1.29, 1.82) is 0 Å². The highest BCUT2D eigenvalue weighted by molar-refractivity contribution is 5.28. The Morgan fingerprint density at radius 3 is 2.22 bits per heavy atom. The van der Waals surface area contributed by atoms with Crippen LogP contribution in [0.2, 0.25) is 0 Å². The molecule has 0 atom stereocenters. The van der Waals surface area contributed by atoms with Gasteiger partial charge in [0, 0.05) is 12.6 Å². The average Bonchev–Trinajstić information content (AvgIpc) is 2.58. The summed E-state index contributed by atoms with van der Waals surface area (Å²) in [6, 6.07) is 17.3. The zero-order chi connectivity index (χ0) is 16.1. The molecule has 1 saturated heterocycles. The molecule has 1 aliphatic rings. The molecule has 23 heavy (non-hydrogen) atoms. The summed E-state index contributed by atoms with van der Waals surface area (Å²) in [5.41, 5.74) is 9.77. The van der Waals surface area contributed by atoms with Crippen LogP contribution < -0.4 is 10.5 Å². The van der Waals surface area contributed by atoms with Crippen LogP contribution in [-0.2, 0) is 13.2 Å². The molecule has 122 valence electrons. The number of hydrogen-bond donors (Lipinski definition) is 1. The summed E-state index contributed by atoms with van der Waals surface area (Å²) in [7, 11) is 0. The van der Waals surface area contributed by atoms with E-state index < -0.39 is 0 Å². The summed E-state index contributed by atoms with van der Waals surface area (Å²) in [4.78, 5) is 2.48. The minimum Gasteiger partial charge on any atom is -0.489 e. The fourth-order valence-corrected chi connectivity index (χ4v) is 2.91. The summed E-state index contributed by atoms with van der Waals surface area (Å²) >= 11 is 0. The summed E-state index contributed by atoms with van der Waals surface area (Å²) in [6.07, 6.45) is 2.22. The standard InChI is InChI=1S/C20H26N2O/c1-16-2-4-18(5-3-16)15-23-20-8-6-17(7-9-20)14-22-12-10-19(21)11-13-22/h2-9,19H,10-15,21H2,1H3. The van der Waals surface area contributed by atoms with Crippen molar-refractivity contribution in [2.24, 2.45) is 5.73 Å². The van der Waals surface area contributed by atoms with E-state index in [1.807, 2.05) is 0 Å². The van der Waals surface area contributed by atoms with Gasteiger partial charge in [-0.2, -0.15) is 0 Å². The van der Waals surface area contributed by atoms with E-state index >= 15 is 0 Å². The molecule has 1 fully saturated rings. The van der Waals surface area contributed by atoms with Gasteiger partial charge in [-0.05, 0) is 56.1 Å². The maximum atomic E-state index is 5.96. The minimum atomic E-state index is 0.392. The first-order chi connectivity index (χ1) is 11.2. The molecular weight excluding hydrogens is 284 g/mol. The van der Waals surface area contributed by atoms with Crippen LogP contribution in [0.25, 0.3) is 0 Å². The van der Waals surface area contributed by atoms with Crippen LogP contribution >= 0.6 is 0 Å². The first-order valence-corrected chi connectivity index (χ1v) is 8.44. The Bertz CT molecular complexity index is 599. The van der Waals surface area contributed by atoms with Gasteiger partial charge >= 0.3 is 0 Å². The second-order valence-corrected chi connectivity index (χ2v) is 6.53. The normalized spacial score (nSPS) is 16.4. The number of benzene rings is 2. The van der Waals surface area contributed by atoms with Crippen molar-refractivity contribution in [3.8, 4) is 5.75 Å². The van der Waals surface area contributed by atoms with Crippen molar-refractivity contribution in [3.63, 3.8) is 0 Å². The lowest BCUT2D eigenvalue weighted by Crippen LogP contribution is -2.39. The summed E-state index contributed by atoms with van der Waals surface area (Å²) < 4.78 is 5.86. The molecule has 3 heteroatoms. The van der Waals surface area contributed by atoms with E-state index in [1.165, 1.54) is 16.7 Å². The predicted octanol–water partition coefficient (Wildman–Crippen LogP) is 3.50. The SMILES string of the molecule is Cc1ccc(COc2ccc(CN3CCC(N)CC3)cc2)cc1. The lowest BCUT2D eigenvalue weighted by Gasteiger charge is -2.30. The van der Waals surface area contributed by atoms with Crippen LogP contribution in [0.15, 0.2) is 48.5 Å². The van der Waals surface area contributed by atoms with E-state index in [9.17, 15) is 0 Å². The van der Waals surface area contributed by atoms with Crippen molar-refractivity contribution in [2.45, 2.75) is 39.0 Å². The summed E-state index contributed by atoms with van der Waals surface area (Å²) in [5.74, 6) is 0.926.